The number of allylic oxidation sites excluding steroid dienone is 1. The number of carbonyl (C=O) groups excluding carboxylic acids is 2. The number of carbonyl (C=O) groups is 2. The lowest BCUT2D eigenvalue weighted by atomic mass is 10.0. The molecule has 15 heavy (non-hydrogen) atoms. The van der Waals surface area contributed by atoms with E-state index in [1.165, 1.54) is 0 Å². The van der Waals surface area contributed by atoms with Crippen LogP contribution in [-0.4, -0.2) is 18.9 Å². The average molecular weight is 203 g/mol. The number of hydrogen-bond donors (Lipinski definition) is 1. The van der Waals surface area contributed by atoms with Crippen LogP contribution >= 0.6 is 0 Å². The molecule has 1 amide bonds. The van der Waals surface area contributed by atoms with Crippen LogP contribution in [0.1, 0.15) is 5.56 Å². The molecule has 76 valence electrons. The standard InChI is InChI=1S/C11H9NO3/c13-6-9-10(11(14)12-7-15-9)8-4-2-1-3-5-8/h1-6H,7H2,(H,12,14). The third-order valence-corrected chi connectivity index (χ3v) is 2.10. The van der Waals surface area contributed by atoms with Crippen LogP contribution in [0.3, 0.4) is 0 Å². The highest BCUT2D eigenvalue weighted by atomic mass is 16.5. The summed E-state index contributed by atoms with van der Waals surface area (Å²) in [5.41, 5.74) is 0.966. The molecule has 1 aromatic carbocycles. The van der Waals surface area contributed by atoms with Gasteiger partial charge in [-0.2, -0.15) is 0 Å². The fourth-order valence-electron chi connectivity index (χ4n) is 1.42. The maximum Gasteiger partial charge on any atom is 0.258 e. The smallest absolute Gasteiger partial charge is 0.258 e. The van der Waals surface area contributed by atoms with E-state index < -0.39 is 0 Å². The van der Waals surface area contributed by atoms with Gasteiger partial charge in [0.05, 0.1) is 5.57 Å². The van der Waals surface area contributed by atoms with Gasteiger partial charge in [-0.1, -0.05) is 30.3 Å². The molecule has 1 N–H and O–H groups in total. The molecule has 0 fully saturated rings. The molecule has 0 bridgehead atoms. The zero-order valence-corrected chi connectivity index (χ0v) is 7.90. The van der Waals surface area contributed by atoms with Gasteiger partial charge in [-0.3, -0.25) is 9.59 Å². The summed E-state index contributed by atoms with van der Waals surface area (Å²) in [7, 11) is 0. The van der Waals surface area contributed by atoms with Gasteiger partial charge in [0, 0.05) is 0 Å². The molecule has 0 unspecified atom stereocenters. The predicted octanol–water partition coefficient (Wildman–Crippen LogP) is 0.701. The van der Waals surface area contributed by atoms with E-state index in [4.69, 9.17) is 4.74 Å². The van der Waals surface area contributed by atoms with Crippen molar-refractivity contribution in [2.24, 2.45) is 0 Å². The van der Waals surface area contributed by atoms with E-state index in [0.29, 0.717) is 11.8 Å². The Morgan fingerprint density at radius 2 is 2.00 bits per heavy atom. The molecule has 0 saturated heterocycles. The first-order chi connectivity index (χ1) is 7.33. The first-order valence-corrected chi connectivity index (χ1v) is 4.49. The lowest BCUT2D eigenvalue weighted by Gasteiger charge is -2.18. The Balaban J connectivity index is 2.52. The van der Waals surface area contributed by atoms with Gasteiger partial charge in [0.1, 0.15) is 0 Å². The van der Waals surface area contributed by atoms with Crippen molar-refractivity contribution in [2.45, 2.75) is 0 Å². The molecule has 0 atom stereocenters. The Morgan fingerprint density at radius 1 is 1.27 bits per heavy atom. The molecule has 0 radical (unpaired) electrons. The number of rotatable bonds is 2. The van der Waals surface area contributed by atoms with E-state index in [0.717, 1.165) is 0 Å². The minimum atomic E-state index is -0.283. The number of benzene rings is 1. The Bertz CT molecular complexity index is 423. The molecule has 4 nitrogen and oxygen atoms in total. The van der Waals surface area contributed by atoms with Crippen molar-refractivity contribution in [2.75, 3.05) is 6.73 Å². The predicted molar refractivity (Wildman–Crippen MR) is 53.5 cm³/mol. The molecular formula is C11H9NO3. The second-order valence-electron chi connectivity index (χ2n) is 3.02. The van der Waals surface area contributed by atoms with Crippen LogP contribution in [0, 0.1) is 0 Å². The largest absolute Gasteiger partial charge is 0.469 e. The van der Waals surface area contributed by atoms with Crippen LogP contribution in [-0.2, 0) is 14.3 Å². The maximum atomic E-state index is 11.6. The third-order valence-electron chi connectivity index (χ3n) is 2.10. The topological polar surface area (TPSA) is 55.4 Å². The van der Waals surface area contributed by atoms with E-state index in [-0.39, 0.29) is 24.0 Å². The van der Waals surface area contributed by atoms with Crippen LogP contribution in [0.15, 0.2) is 36.1 Å². The van der Waals surface area contributed by atoms with Crippen molar-refractivity contribution in [1.29, 1.82) is 0 Å². The van der Waals surface area contributed by atoms with Crippen molar-refractivity contribution in [3.8, 4) is 0 Å². The highest BCUT2D eigenvalue weighted by molar-refractivity contribution is 6.23. The summed E-state index contributed by atoms with van der Waals surface area (Å²) in [6.07, 6.45) is 0.557. The molecule has 0 aromatic heterocycles. The van der Waals surface area contributed by atoms with Gasteiger partial charge in [0.25, 0.3) is 5.91 Å². The monoisotopic (exact) mass is 203 g/mol. The lowest BCUT2D eigenvalue weighted by molar-refractivity contribution is -0.119. The van der Waals surface area contributed by atoms with Crippen LogP contribution in [0.4, 0.5) is 0 Å². The summed E-state index contributed by atoms with van der Waals surface area (Å²) in [4.78, 5) is 22.3. The van der Waals surface area contributed by atoms with Crippen LogP contribution in [0.25, 0.3) is 5.57 Å². The quantitative estimate of drug-likeness (QED) is 0.720. The summed E-state index contributed by atoms with van der Waals surface area (Å²) >= 11 is 0. The normalized spacial score (nSPS) is 15.6. The lowest BCUT2D eigenvalue weighted by Crippen LogP contribution is -2.32. The molecule has 1 aliphatic rings. The number of nitrogens with one attached hydrogen (secondary N) is 1. The van der Waals surface area contributed by atoms with Gasteiger partial charge in [-0.25, -0.2) is 0 Å². The zero-order chi connectivity index (χ0) is 10.7. The van der Waals surface area contributed by atoms with Crippen LogP contribution in [0.5, 0.6) is 0 Å². The second kappa shape index (κ2) is 3.96. The first-order valence-electron chi connectivity index (χ1n) is 4.49. The van der Waals surface area contributed by atoms with Crippen molar-refractivity contribution >= 4 is 17.8 Å². The van der Waals surface area contributed by atoms with E-state index in [9.17, 15) is 9.59 Å². The van der Waals surface area contributed by atoms with Crippen molar-refractivity contribution in [1.82, 2.24) is 5.32 Å². The zero-order valence-electron chi connectivity index (χ0n) is 7.90. The molecule has 2 rings (SSSR count). The van der Waals surface area contributed by atoms with Gasteiger partial charge in [0.2, 0.25) is 0 Å². The summed E-state index contributed by atoms with van der Waals surface area (Å²) < 4.78 is 5.04. The van der Waals surface area contributed by atoms with Gasteiger partial charge in [-0.05, 0) is 5.56 Å². The molecule has 0 spiro atoms. The Kier molecular flexibility index (Phi) is 2.49. The highest BCUT2D eigenvalue weighted by Gasteiger charge is 2.22. The number of aldehydes is 1. The first kappa shape index (κ1) is 9.45. The van der Waals surface area contributed by atoms with Gasteiger partial charge >= 0.3 is 0 Å². The van der Waals surface area contributed by atoms with E-state index in [1.807, 2.05) is 6.07 Å². The molecule has 0 aliphatic carbocycles. The molecule has 0 saturated carbocycles. The van der Waals surface area contributed by atoms with E-state index >= 15 is 0 Å². The third kappa shape index (κ3) is 1.74. The Hall–Kier alpha value is -2.10. The van der Waals surface area contributed by atoms with E-state index in [1.54, 1.807) is 24.3 Å². The van der Waals surface area contributed by atoms with Crippen LogP contribution in [0.2, 0.25) is 0 Å². The van der Waals surface area contributed by atoms with Crippen molar-refractivity contribution in [3.05, 3.63) is 41.7 Å². The summed E-state index contributed by atoms with van der Waals surface area (Å²) in [5.74, 6) is -0.195. The van der Waals surface area contributed by atoms with Gasteiger partial charge in [-0.15, -0.1) is 0 Å². The molecule has 4 heteroatoms. The van der Waals surface area contributed by atoms with Gasteiger partial charge < -0.3 is 10.1 Å². The number of amides is 1. The molecule has 1 aliphatic heterocycles. The van der Waals surface area contributed by atoms with E-state index in [2.05, 4.69) is 5.32 Å². The molecule has 1 heterocycles. The minimum absolute atomic E-state index is 0.0449. The average Bonchev–Trinajstić information content (AvgIpc) is 2.29. The van der Waals surface area contributed by atoms with Crippen molar-refractivity contribution in [3.63, 3.8) is 0 Å². The highest BCUT2D eigenvalue weighted by Crippen LogP contribution is 2.20. The fraction of sp³-hybridized carbons (Fsp3) is 0.0909. The molecule has 1 aromatic rings. The molecular weight excluding hydrogens is 194 g/mol. The summed E-state index contributed by atoms with van der Waals surface area (Å²) in [5, 5.41) is 2.52. The minimum Gasteiger partial charge on any atom is -0.469 e. The van der Waals surface area contributed by atoms with Gasteiger partial charge in [0.15, 0.2) is 18.8 Å². The van der Waals surface area contributed by atoms with Crippen molar-refractivity contribution < 1.29 is 14.3 Å². The summed E-state index contributed by atoms with van der Waals surface area (Å²) in [6.45, 7) is 0.0449. The fourth-order valence-corrected chi connectivity index (χ4v) is 1.42. The Morgan fingerprint density at radius 3 is 2.67 bits per heavy atom. The number of ether oxygens (including phenoxy) is 1. The number of hydrogen-bond acceptors (Lipinski definition) is 3. The van der Waals surface area contributed by atoms with Crippen LogP contribution < -0.4 is 5.32 Å². The second-order valence-corrected chi connectivity index (χ2v) is 3.02. The SMILES string of the molecule is O=CC1=C(c2ccccc2)C(=O)NCO1. The Labute approximate surface area is 86.5 Å². The summed E-state index contributed by atoms with van der Waals surface area (Å²) in [6, 6.07) is 8.95. The maximum absolute atomic E-state index is 11.6.